The van der Waals surface area contributed by atoms with Crippen LogP contribution >= 0.6 is 11.8 Å². The summed E-state index contributed by atoms with van der Waals surface area (Å²) in [6.45, 7) is 13.4. The zero-order valence-electron chi connectivity index (χ0n) is 23.5. The maximum Gasteiger partial charge on any atom is 0.408 e. The van der Waals surface area contributed by atoms with Crippen LogP contribution in [0.5, 0.6) is 0 Å². The number of aliphatic carboxylic acids is 1. The number of allylic oxidation sites excluding steroid dienone is 5. The van der Waals surface area contributed by atoms with E-state index in [0.717, 1.165) is 11.1 Å². The zero-order valence-corrected chi connectivity index (χ0v) is 24.3. The molecule has 0 heterocycles. The Bertz CT molecular complexity index is 900. The average molecular weight is 549 g/mol. The van der Waals surface area contributed by atoms with E-state index in [2.05, 4.69) is 31.1 Å². The summed E-state index contributed by atoms with van der Waals surface area (Å²) < 4.78 is 5.01. The van der Waals surface area contributed by atoms with Crippen LogP contribution in [0.2, 0.25) is 0 Å². The number of hydrogen-bond acceptors (Lipinski definition) is 6. The van der Waals surface area contributed by atoms with Gasteiger partial charge < -0.3 is 20.5 Å². The molecule has 3 N–H and O–H groups in total. The first-order chi connectivity index (χ1) is 18.0. The van der Waals surface area contributed by atoms with Gasteiger partial charge >= 0.3 is 12.1 Å². The van der Waals surface area contributed by atoms with Crippen molar-refractivity contribution in [2.75, 3.05) is 12.0 Å². The molecular weight excluding hydrogens is 504 g/mol. The zero-order chi connectivity index (χ0) is 29.3. The standard InChI is InChI=1S/C18H24N2O6S.C8H12.C3H8/c1-12(19-18(25)26-10-13-6-4-3-5-7-13)16(22)20-15(17(23)24)9-8-14(21)11-27-2;1-4-5-6-7-8(2)3;1-3-2/h3-7,12,15H,8-11H2,1-2H3,(H,19,25)(H,20,22)(H,23,24);4-7H,2H2,1,3H3;3H2,1-2H3/b;5-4-,7-6-;. The molecule has 0 saturated heterocycles. The van der Waals surface area contributed by atoms with Gasteiger partial charge in [-0.15, -0.1) is 0 Å². The lowest BCUT2D eigenvalue weighted by Gasteiger charge is -2.18. The number of benzene rings is 1. The van der Waals surface area contributed by atoms with Gasteiger partial charge in [-0.25, -0.2) is 9.59 Å². The van der Waals surface area contributed by atoms with E-state index in [1.165, 1.54) is 25.1 Å². The summed E-state index contributed by atoms with van der Waals surface area (Å²) in [5.74, 6) is -1.69. The third-order valence-corrected chi connectivity index (χ3v) is 4.87. The van der Waals surface area contributed by atoms with Gasteiger partial charge in [-0.3, -0.25) is 9.59 Å². The van der Waals surface area contributed by atoms with Crippen molar-refractivity contribution in [1.82, 2.24) is 10.6 Å². The Balaban J connectivity index is 0. The van der Waals surface area contributed by atoms with E-state index < -0.39 is 30.1 Å². The Morgan fingerprint density at radius 1 is 1.11 bits per heavy atom. The minimum absolute atomic E-state index is 0.00829. The molecule has 212 valence electrons. The number of carboxylic acid groups (broad SMARTS) is 1. The molecule has 8 nitrogen and oxygen atoms in total. The van der Waals surface area contributed by atoms with E-state index in [1.807, 2.05) is 56.4 Å². The number of amides is 2. The molecule has 0 radical (unpaired) electrons. The Morgan fingerprint density at radius 2 is 1.71 bits per heavy atom. The predicted molar refractivity (Wildman–Crippen MR) is 156 cm³/mol. The molecule has 2 atom stereocenters. The molecule has 0 fully saturated rings. The Morgan fingerprint density at radius 3 is 2.21 bits per heavy atom. The van der Waals surface area contributed by atoms with Crippen LogP contribution in [0.25, 0.3) is 0 Å². The molecule has 0 aromatic heterocycles. The summed E-state index contributed by atoms with van der Waals surface area (Å²) in [5, 5.41) is 13.9. The van der Waals surface area contributed by atoms with Gasteiger partial charge in [0.1, 0.15) is 24.5 Å². The van der Waals surface area contributed by atoms with E-state index >= 15 is 0 Å². The molecule has 38 heavy (non-hydrogen) atoms. The topological polar surface area (TPSA) is 122 Å². The molecule has 0 aliphatic rings. The molecule has 0 saturated carbocycles. The molecule has 1 rings (SSSR count). The number of alkyl carbamates (subject to hydrolysis) is 1. The molecule has 2 amide bonds. The van der Waals surface area contributed by atoms with Crippen molar-refractivity contribution in [2.24, 2.45) is 0 Å². The number of ketones is 1. The van der Waals surface area contributed by atoms with Crippen LogP contribution in [0.3, 0.4) is 0 Å². The first kappa shape index (κ1) is 36.8. The van der Waals surface area contributed by atoms with Crippen LogP contribution < -0.4 is 10.6 Å². The summed E-state index contributed by atoms with van der Waals surface area (Å²) in [4.78, 5) is 46.7. The van der Waals surface area contributed by atoms with Gasteiger partial charge in [-0.1, -0.05) is 87.1 Å². The number of carbonyl (C=O) groups excluding carboxylic acids is 3. The number of nitrogens with one attached hydrogen (secondary N) is 2. The molecule has 0 spiro atoms. The van der Waals surface area contributed by atoms with Crippen molar-refractivity contribution in [2.45, 2.75) is 72.6 Å². The summed E-state index contributed by atoms with van der Waals surface area (Å²) in [5.41, 5.74) is 1.88. The minimum Gasteiger partial charge on any atom is -0.480 e. The second-order valence-corrected chi connectivity index (χ2v) is 9.14. The van der Waals surface area contributed by atoms with Crippen molar-refractivity contribution >= 4 is 35.5 Å². The maximum atomic E-state index is 12.1. The Hall–Kier alpha value is -3.33. The average Bonchev–Trinajstić information content (AvgIpc) is 2.86. The highest BCUT2D eigenvalue weighted by Crippen LogP contribution is 2.04. The minimum atomic E-state index is -1.24. The van der Waals surface area contributed by atoms with Crippen LogP contribution in [0.4, 0.5) is 4.79 Å². The van der Waals surface area contributed by atoms with Crippen molar-refractivity contribution in [1.29, 1.82) is 0 Å². The quantitative estimate of drug-likeness (QED) is 0.271. The van der Waals surface area contributed by atoms with Crippen molar-refractivity contribution < 1.29 is 29.0 Å². The van der Waals surface area contributed by atoms with Gasteiger partial charge in [-0.2, -0.15) is 11.8 Å². The number of ether oxygens (including phenoxy) is 1. The Kier molecular flexibility index (Phi) is 23.3. The van der Waals surface area contributed by atoms with Gasteiger partial charge in [0.05, 0.1) is 5.75 Å². The lowest BCUT2D eigenvalue weighted by molar-refractivity contribution is -0.142. The van der Waals surface area contributed by atoms with E-state index in [1.54, 1.807) is 18.4 Å². The maximum absolute atomic E-state index is 12.1. The number of carboxylic acids is 1. The number of thioether (sulfide) groups is 1. The lowest BCUT2D eigenvalue weighted by atomic mass is 10.1. The fraction of sp³-hybridized carbons (Fsp3) is 0.448. The molecule has 0 bridgehead atoms. The first-order valence-corrected chi connectivity index (χ1v) is 13.9. The SMILES string of the molecule is C=C(C)/C=C\C=C/C.CCC.CSCC(=O)CCC(NC(=O)C(C)NC(=O)OCc1ccccc1)C(=O)O. The monoisotopic (exact) mass is 548 g/mol. The van der Waals surface area contributed by atoms with E-state index in [9.17, 15) is 24.3 Å². The van der Waals surface area contributed by atoms with Gasteiger partial charge in [0, 0.05) is 6.42 Å². The lowest BCUT2D eigenvalue weighted by Crippen LogP contribution is -2.50. The highest BCUT2D eigenvalue weighted by molar-refractivity contribution is 7.99. The molecule has 1 aromatic carbocycles. The third-order valence-electron chi connectivity index (χ3n) is 4.26. The highest BCUT2D eigenvalue weighted by Gasteiger charge is 2.24. The van der Waals surface area contributed by atoms with E-state index in [0.29, 0.717) is 5.75 Å². The van der Waals surface area contributed by atoms with Crippen LogP contribution in [0.15, 0.2) is 66.8 Å². The summed E-state index contributed by atoms with van der Waals surface area (Å²) in [7, 11) is 0. The molecule has 0 aliphatic heterocycles. The van der Waals surface area contributed by atoms with Gasteiger partial charge in [0.15, 0.2) is 0 Å². The van der Waals surface area contributed by atoms with Crippen LogP contribution in [0, 0.1) is 0 Å². The van der Waals surface area contributed by atoms with Crippen LogP contribution in [-0.2, 0) is 25.7 Å². The van der Waals surface area contributed by atoms with Crippen LogP contribution in [0.1, 0.15) is 59.4 Å². The Labute approximate surface area is 232 Å². The fourth-order valence-corrected chi connectivity index (χ4v) is 2.90. The second kappa shape index (κ2) is 24.0. The van der Waals surface area contributed by atoms with Crippen LogP contribution in [-0.4, -0.2) is 53.0 Å². The largest absolute Gasteiger partial charge is 0.480 e. The third kappa shape index (κ3) is 21.9. The summed E-state index contributed by atoms with van der Waals surface area (Å²) >= 11 is 1.35. The molecular formula is C29H44N2O6S. The van der Waals surface area contributed by atoms with Crippen molar-refractivity contribution in [3.8, 4) is 0 Å². The smallest absolute Gasteiger partial charge is 0.408 e. The second-order valence-electron chi connectivity index (χ2n) is 8.28. The summed E-state index contributed by atoms with van der Waals surface area (Å²) in [6, 6.07) is 6.85. The molecule has 2 unspecified atom stereocenters. The van der Waals surface area contributed by atoms with Crippen molar-refractivity contribution in [3.63, 3.8) is 0 Å². The number of carbonyl (C=O) groups is 4. The van der Waals surface area contributed by atoms with Crippen molar-refractivity contribution in [3.05, 3.63) is 72.4 Å². The van der Waals surface area contributed by atoms with Gasteiger partial charge in [0.25, 0.3) is 0 Å². The summed E-state index contributed by atoms with van der Waals surface area (Å²) in [6.07, 6.45) is 10.2. The molecule has 1 aromatic rings. The first-order valence-electron chi connectivity index (χ1n) is 12.5. The van der Waals surface area contributed by atoms with E-state index in [-0.39, 0.29) is 25.2 Å². The highest BCUT2D eigenvalue weighted by atomic mass is 32.2. The number of rotatable bonds is 13. The molecule has 0 aliphatic carbocycles. The number of Topliss-reactive ketones (excluding diaryl/α,β-unsaturated/α-hetero) is 1. The molecule has 9 heteroatoms. The normalized spacial score (nSPS) is 11.7. The van der Waals surface area contributed by atoms with Gasteiger partial charge in [-0.05, 0) is 39.0 Å². The fourth-order valence-electron chi connectivity index (χ4n) is 2.43. The van der Waals surface area contributed by atoms with E-state index in [4.69, 9.17) is 4.74 Å². The predicted octanol–water partition coefficient (Wildman–Crippen LogP) is 5.69. The van der Waals surface area contributed by atoms with Gasteiger partial charge in [0.2, 0.25) is 5.91 Å². The number of hydrogen-bond donors (Lipinski definition) is 3.